The van der Waals surface area contributed by atoms with Crippen molar-refractivity contribution in [1.82, 2.24) is 5.32 Å². The molecule has 25 heavy (non-hydrogen) atoms. The summed E-state index contributed by atoms with van der Waals surface area (Å²) < 4.78 is 10.7. The summed E-state index contributed by atoms with van der Waals surface area (Å²) in [6.07, 6.45) is 0.412. The zero-order chi connectivity index (χ0) is 18.9. The zero-order valence-electron chi connectivity index (χ0n) is 15.6. The minimum Gasteiger partial charge on any atom is -0.494 e. The second kappa shape index (κ2) is 10.3. The molecule has 3 N–H and O–H groups in total. The van der Waals surface area contributed by atoms with Gasteiger partial charge in [0.2, 0.25) is 0 Å². The van der Waals surface area contributed by atoms with Gasteiger partial charge in [0.05, 0.1) is 6.61 Å². The first kappa shape index (κ1) is 21.3. The monoisotopic (exact) mass is 353 g/mol. The summed E-state index contributed by atoms with van der Waals surface area (Å²) in [7, 11) is 0. The highest BCUT2D eigenvalue weighted by molar-refractivity contribution is 5.67. The number of alkyl carbamates (subject to hydrolysis) is 1. The van der Waals surface area contributed by atoms with Crippen LogP contribution in [0.15, 0.2) is 24.3 Å². The lowest BCUT2D eigenvalue weighted by molar-refractivity contribution is 0.0129. The van der Waals surface area contributed by atoms with Gasteiger partial charge >= 0.3 is 6.09 Å². The Hall–Kier alpha value is -1.79. The predicted octanol–water partition coefficient (Wildman–Crippen LogP) is 3.17. The maximum Gasteiger partial charge on any atom is 0.407 e. The van der Waals surface area contributed by atoms with Crippen LogP contribution in [0.1, 0.15) is 58.6 Å². The van der Waals surface area contributed by atoms with Crippen LogP contribution < -0.4 is 10.1 Å². The minimum atomic E-state index is -1.14. The lowest BCUT2D eigenvalue weighted by atomic mass is 10.0. The van der Waals surface area contributed by atoms with E-state index in [4.69, 9.17) is 9.47 Å². The lowest BCUT2D eigenvalue weighted by Crippen LogP contribution is -2.38. The van der Waals surface area contributed by atoms with Gasteiger partial charge in [0.1, 0.15) is 23.6 Å². The molecule has 0 aromatic heterocycles. The zero-order valence-corrected chi connectivity index (χ0v) is 15.6. The van der Waals surface area contributed by atoms with Crippen molar-refractivity contribution in [2.45, 2.75) is 64.8 Å². The molecule has 0 saturated carbocycles. The maximum absolute atomic E-state index is 11.6. The number of carbonyl (C=O) groups excluding carboxylic acids is 1. The lowest BCUT2D eigenvalue weighted by Gasteiger charge is -2.22. The second-order valence-electron chi connectivity index (χ2n) is 7.02. The van der Waals surface area contributed by atoms with Crippen molar-refractivity contribution < 1.29 is 24.5 Å². The molecule has 1 aromatic rings. The molecule has 0 spiro atoms. The second-order valence-corrected chi connectivity index (χ2v) is 7.02. The highest BCUT2D eigenvalue weighted by Gasteiger charge is 2.21. The molecule has 0 fully saturated rings. The first-order chi connectivity index (χ1) is 11.7. The molecule has 0 aliphatic carbocycles. The number of carbonyl (C=O) groups is 1. The van der Waals surface area contributed by atoms with Gasteiger partial charge in [-0.3, -0.25) is 0 Å². The van der Waals surface area contributed by atoms with Crippen LogP contribution in [0.2, 0.25) is 0 Å². The first-order valence-electron chi connectivity index (χ1n) is 8.78. The Morgan fingerprint density at radius 2 is 1.80 bits per heavy atom. The Bertz CT molecular complexity index is 510. The topological polar surface area (TPSA) is 88.0 Å². The summed E-state index contributed by atoms with van der Waals surface area (Å²) in [5.41, 5.74) is -0.0555. The highest BCUT2D eigenvalue weighted by atomic mass is 16.6. The smallest absolute Gasteiger partial charge is 0.407 e. The quantitative estimate of drug-likeness (QED) is 0.594. The van der Waals surface area contributed by atoms with Crippen molar-refractivity contribution in [2.75, 3.05) is 13.2 Å². The van der Waals surface area contributed by atoms with Crippen LogP contribution in [0.4, 0.5) is 4.79 Å². The van der Waals surface area contributed by atoms with E-state index in [0.717, 1.165) is 25.0 Å². The molecular formula is C19H31NO5. The average molecular weight is 353 g/mol. The van der Waals surface area contributed by atoms with Crippen LogP contribution >= 0.6 is 0 Å². The minimum absolute atomic E-state index is 0.106. The maximum atomic E-state index is 11.6. The van der Waals surface area contributed by atoms with Crippen LogP contribution in [-0.4, -0.2) is 41.2 Å². The standard InChI is InChI=1S/C19H31NO5/c1-5-6-7-12-24-15-10-8-14(9-11-15)17(22)16(21)13-20-18(23)25-19(2,3)4/h8-11,16-17,21-22H,5-7,12-13H2,1-4H3,(H,20,23). The number of unbranched alkanes of at least 4 members (excludes halogenated alkanes) is 2. The highest BCUT2D eigenvalue weighted by Crippen LogP contribution is 2.20. The van der Waals surface area contributed by atoms with Crippen molar-refractivity contribution in [3.8, 4) is 5.75 Å². The number of amides is 1. The molecule has 0 radical (unpaired) electrons. The number of nitrogens with one attached hydrogen (secondary N) is 1. The molecule has 142 valence electrons. The molecule has 0 saturated heterocycles. The molecule has 0 heterocycles. The van der Waals surface area contributed by atoms with Crippen LogP contribution in [0.5, 0.6) is 5.75 Å². The Morgan fingerprint density at radius 1 is 1.16 bits per heavy atom. The third kappa shape index (κ3) is 8.74. The van der Waals surface area contributed by atoms with Crippen LogP contribution in [-0.2, 0) is 4.74 Å². The van der Waals surface area contributed by atoms with E-state index in [1.165, 1.54) is 0 Å². The SMILES string of the molecule is CCCCCOc1ccc(C(O)C(O)CNC(=O)OC(C)(C)C)cc1. The number of rotatable bonds is 9. The normalized spacial score (nSPS) is 13.8. The van der Waals surface area contributed by atoms with E-state index in [9.17, 15) is 15.0 Å². The van der Waals surface area contributed by atoms with E-state index in [1.54, 1.807) is 45.0 Å². The van der Waals surface area contributed by atoms with Gasteiger partial charge in [0.25, 0.3) is 0 Å². The largest absolute Gasteiger partial charge is 0.494 e. The molecule has 2 unspecified atom stereocenters. The molecule has 0 aliphatic heterocycles. The van der Waals surface area contributed by atoms with Crippen molar-refractivity contribution >= 4 is 6.09 Å². The van der Waals surface area contributed by atoms with Gasteiger partial charge in [-0.1, -0.05) is 31.9 Å². The van der Waals surface area contributed by atoms with Gasteiger partial charge in [-0.25, -0.2) is 4.79 Å². The average Bonchev–Trinajstić information content (AvgIpc) is 2.55. The number of hydrogen-bond donors (Lipinski definition) is 3. The molecule has 1 aromatic carbocycles. The third-order valence-electron chi connectivity index (χ3n) is 3.46. The van der Waals surface area contributed by atoms with E-state index < -0.39 is 23.9 Å². The van der Waals surface area contributed by atoms with E-state index in [2.05, 4.69) is 12.2 Å². The van der Waals surface area contributed by atoms with Crippen LogP contribution in [0, 0.1) is 0 Å². The molecule has 6 nitrogen and oxygen atoms in total. The Labute approximate surface area is 150 Å². The van der Waals surface area contributed by atoms with Crippen molar-refractivity contribution in [1.29, 1.82) is 0 Å². The molecule has 0 bridgehead atoms. The first-order valence-corrected chi connectivity index (χ1v) is 8.78. The number of benzene rings is 1. The van der Waals surface area contributed by atoms with Crippen LogP contribution in [0.3, 0.4) is 0 Å². The Kier molecular flexibility index (Phi) is 8.72. The number of aliphatic hydroxyl groups is 2. The molecule has 2 atom stereocenters. The number of ether oxygens (including phenoxy) is 2. The van der Waals surface area contributed by atoms with E-state index >= 15 is 0 Å². The summed E-state index contributed by atoms with van der Waals surface area (Å²) in [6.45, 7) is 7.96. The van der Waals surface area contributed by atoms with Crippen LogP contribution in [0.25, 0.3) is 0 Å². The molecule has 0 aliphatic rings. The van der Waals surface area contributed by atoms with Gasteiger partial charge < -0.3 is 25.0 Å². The molecule has 1 rings (SSSR count). The summed E-state index contributed by atoms with van der Waals surface area (Å²) in [4.78, 5) is 11.6. The summed E-state index contributed by atoms with van der Waals surface area (Å²) in [5, 5.41) is 22.7. The van der Waals surface area contributed by atoms with Crippen molar-refractivity contribution in [2.24, 2.45) is 0 Å². The third-order valence-corrected chi connectivity index (χ3v) is 3.46. The van der Waals surface area contributed by atoms with Gasteiger partial charge in [0, 0.05) is 6.54 Å². The summed E-state index contributed by atoms with van der Waals surface area (Å²) in [5.74, 6) is 0.730. The van der Waals surface area contributed by atoms with Gasteiger partial charge in [-0.15, -0.1) is 0 Å². The Morgan fingerprint density at radius 3 is 2.36 bits per heavy atom. The number of aliphatic hydroxyl groups excluding tert-OH is 2. The predicted molar refractivity (Wildman–Crippen MR) is 96.7 cm³/mol. The molecular weight excluding hydrogens is 322 g/mol. The molecule has 6 heteroatoms. The summed E-state index contributed by atoms with van der Waals surface area (Å²) in [6, 6.07) is 6.93. The van der Waals surface area contributed by atoms with Gasteiger partial charge in [-0.2, -0.15) is 0 Å². The number of hydrogen-bond acceptors (Lipinski definition) is 5. The fourth-order valence-corrected chi connectivity index (χ4v) is 2.14. The van der Waals surface area contributed by atoms with Gasteiger partial charge in [0.15, 0.2) is 0 Å². The fourth-order valence-electron chi connectivity index (χ4n) is 2.14. The van der Waals surface area contributed by atoms with Crippen molar-refractivity contribution in [3.05, 3.63) is 29.8 Å². The van der Waals surface area contributed by atoms with Crippen molar-refractivity contribution in [3.63, 3.8) is 0 Å². The van der Waals surface area contributed by atoms with Gasteiger partial charge in [-0.05, 0) is 44.9 Å². The Balaban J connectivity index is 2.44. The van der Waals surface area contributed by atoms with E-state index in [1.807, 2.05) is 0 Å². The molecule has 1 amide bonds. The fraction of sp³-hybridized carbons (Fsp3) is 0.632. The van der Waals surface area contributed by atoms with E-state index in [0.29, 0.717) is 12.2 Å². The summed E-state index contributed by atoms with van der Waals surface area (Å²) >= 11 is 0. The van der Waals surface area contributed by atoms with E-state index in [-0.39, 0.29) is 6.54 Å².